The van der Waals surface area contributed by atoms with Crippen LogP contribution < -0.4 is 9.13 Å². The molecule has 7 aromatic heterocycles. The molecule has 26 rings (SSSR count). The van der Waals surface area contributed by atoms with E-state index in [9.17, 15) is 0 Å². The molecule has 13 heteroatoms. The molecule has 0 unspecified atom stereocenters. The van der Waals surface area contributed by atoms with E-state index in [-0.39, 0.29) is 0 Å². The van der Waals surface area contributed by atoms with Crippen molar-refractivity contribution >= 4 is 109 Å². The molecule has 0 bridgehead atoms. The minimum absolute atomic E-state index is 0.605. The molecule has 2 aliphatic heterocycles. The second kappa shape index (κ2) is 26.1. The van der Waals surface area contributed by atoms with Gasteiger partial charge in [-0.15, -0.1) is 0 Å². The Morgan fingerprint density at radius 2 is 0.588 bits per heavy atom. The van der Waals surface area contributed by atoms with Crippen LogP contribution in [-0.4, -0.2) is 49.0 Å². The molecule has 13 nitrogen and oxygen atoms in total. The van der Waals surface area contributed by atoms with Crippen LogP contribution in [0.2, 0.25) is 0 Å². The fraction of sp³-hybridized carbons (Fsp3) is 0. The molecule has 0 saturated carbocycles. The number of benzene rings is 17. The number of rotatable bonds is 10. The van der Waals surface area contributed by atoms with Gasteiger partial charge in [-0.05, 0) is 190 Å². The number of hydrogen-bond acceptors (Lipinski definition) is 7. The first kappa shape index (κ1) is 66.1. The highest BCUT2D eigenvalue weighted by Gasteiger charge is 2.35. The number of nitrogens with zero attached hydrogens (tertiary/aromatic N) is 10. The molecule has 2 aliphatic rings. The van der Waals surface area contributed by atoms with Gasteiger partial charge in [-0.25, -0.2) is 39.9 Å². The first-order valence-electron chi connectivity index (χ1n) is 40.1. The van der Waals surface area contributed by atoms with Crippen LogP contribution in [0.4, 0.5) is 0 Å². The van der Waals surface area contributed by atoms with Gasteiger partial charge in [0.25, 0.3) is 11.6 Å². The summed E-state index contributed by atoms with van der Waals surface area (Å²) in [5.74, 6) is 5.86. The number of hydrogen-bond donors (Lipinski definition) is 2. The van der Waals surface area contributed by atoms with Crippen LogP contribution in [0.15, 0.2) is 381 Å². The first-order chi connectivity index (χ1) is 59.0. The van der Waals surface area contributed by atoms with Gasteiger partial charge in [0, 0.05) is 77.4 Å². The lowest BCUT2D eigenvalue weighted by atomic mass is 9.99. The van der Waals surface area contributed by atoms with E-state index in [4.69, 9.17) is 34.3 Å². The summed E-state index contributed by atoms with van der Waals surface area (Å²) >= 11 is 0. The predicted molar refractivity (Wildman–Crippen MR) is 479 cm³/mol. The monoisotopic (exact) mass is 1520 g/mol. The Morgan fingerprint density at radius 3 is 1.07 bits per heavy atom. The van der Waals surface area contributed by atoms with Crippen molar-refractivity contribution < 1.29 is 13.6 Å². The molecule has 552 valence electrons. The summed E-state index contributed by atoms with van der Waals surface area (Å²) in [5, 5.41) is 11.7. The number of para-hydroxylation sites is 3. The van der Waals surface area contributed by atoms with E-state index < -0.39 is 0 Å². The summed E-state index contributed by atoms with van der Waals surface area (Å²) in [5.41, 5.74) is 28.0. The van der Waals surface area contributed by atoms with Gasteiger partial charge in [-0.2, -0.15) is 9.13 Å². The van der Waals surface area contributed by atoms with E-state index >= 15 is 0 Å². The summed E-state index contributed by atoms with van der Waals surface area (Å²) in [6.07, 6.45) is 0. The quantitative estimate of drug-likeness (QED) is 0.130. The van der Waals surface area contributed by atoms with Gasteiger partial charge in [0.15, 0.2) is 57.0 Å². The van der Waals surface area contributed by atoms with E-state index in [1.165, 1.54) is 65.6 Å². The van der Waals surface area contributed by atoms with Gasteiger partial charge in [0.05, 0.1) is 44.0 Å². The van der Waals surface area contributed by atoms with Crippen molar-refractivity contribution in [3.8, 4) is 136 Å². The van der Waals surface area contributed by atoms with E-state index in [2.05, 4.69) is 344 Å². The maximum absolute atomic E-state index is 6.14. The molecule has 0 saturated heterocycles. The molecule has 0 atom stereocenters. The molecule has 0 amide bonds. The number of fused-ring (bicyclic) bond motifs is 11. The SMILES string of the molecule is c1ccc(-c2[nH]c3ccc4c5c6c(cccc6n4-c4ccc(-c6nc(-c7ccc8ccccc8c7)nc(-c7ccc8ccccc8c7)n6)cc4)-c4ccccc4-[n+]2c35)cc1.c1ccc(-c2nc(-c3ccc(-n4c5cccc6c5c5c4ccc4[nH]c(-c7ccccc7)[n+](c45)-c4ccccc4-6)cc3)nc(-c3ccc4oc5ccccc5c4c3)n2)cc1. The molecule has 9 heterocycles. The first-order valence-corrected chi connectivity index (χ1v) is 40.1. The largest absolute Gasteiger partial charge is 0.456 e. The Morgan fingerprint density at radius 1 is 0.235 bits per heavy atom. The predicted octanol–water partition coefficient (Wildman–Crippen LogP) is 25.0. The van der Waals surface area contributed by atoms with Crippen LogP contribution in [0.3, 0.4) is 0 Å². The summed E-state index contributed by atoms with van der Waals surface area (Å²) in [7, 11) is 0. The third-order valence-corrected chi connectivity index (χ3v) is 23.9. The Kier molecular flexibility index (Phi) is 14.5. The van der Waals surface area contributed by atoms with Crippen LogP contribution in [0, 0.1) is 0 Å². The van der Waals surface area contributed by atoms with Crippen LogP contribution in [0.5, 0.6) is 0 Å². The highest BCUT2D eigenvalue weighted by atomic mass is 16.3. The highest BCUT2D eigenvalue weighted by molar-refractivity contribution is 6.26. The van der Waals surface area contributed by atoms with Crippen LogP contribution in [0.1, 0.15) is 0 Å². The van der Waals surface area contributed by atoms with Gasteiger partial charge in [-0.3, -0.25) is 0 Å². The number of furan rings is 1. The Balaban J connectivity index is 0.000000132. The zero-order valence-electron chi connectivity index (χ0n) is 63.7. The Hall–Kier alpha value is -16.4. The van der Waals surface area contributed by atoms with E-state index in [0.717, 1.165) is 145 Å². The molecular formula is C106H64N12O+2. The smallest absolute Gasteiger partial charge is 0.292 e. The highest BCUT2D eigenvalue weighted by Crippen LogP contribution is 2.48. The maximum atomic E-state index is 6.14. The Bertz CT molecular complexity index is 8250. The topological polar surface area (TPSA) is 140 Å². The summed E-state index contributed by atoms with van der Waals surface area (Å²) in [6, 6.07) is 132. The molecule has 0 spiro atoms. The third-order valence-electron chi connectivity index (χ3n) is 23.9. The molecule has 119 heavy (non-hydrogen) atoms. The number of H-pyrrole nitrogens is 2. The second-order valence-electron chi connectivity index (χ2n) is 30.7. The van der Waals surface area contributed by atoms with E-state index in [1.54, 1.807) is 0 Å². The normalized spacial score (nSPS) is 12.0. The molecule has 0 fully saturated rings. The van der Waals surface area contributed by atoms with Crippen LogP contribution in [-0.2, 0) is 0 Å². The zero-order valence-corrected chi connectivity index (χ0v) is 63.7. The summed E-state index contributed by atoms with van der Waals surface area (Å²) in [4.78, 5) is 38.2. The number of imidazole rings is 2. The van der Waals surface area contributed by atoms with Crippen molar-refractivity contribution in [3.05, 3.63) is 376 Å². The number of aromatic amines is 2. The Labute approximate surface area is 679 Å². The lowest BCUT2D eigenvalue weighted by molar-refractivity contribution is -0.553. The maximum Gasteiger partial charge on any atom is 0.292 e. The fourth-order valence-electron chi connectivity index (χ4n) is 18.6. The lowest BCUT2D eigenvalue weighted by Gasteiger charge is -2.12. The van der Waals surface area contributed by atoms with Gasteiger partial charge >= 0.3 is 0 Å². The number of aromatic nitrogens is 12. The third kappa shape index (κ3) is 10.4. The van der Waals surface area contributed by atoms with Gasteiger partial charge in [0.1, 0.15) is 22.5 Å². The van der Waals surface area contributed by atoms with Gasteiger partial charge < -0.3 is 13.6 Å². The standard InChI is InChI=1S/C54H32N6.C52H30N6O/c1-2-13-36(14-3-1)54-55-44-29-30-47-49-48-43(42-17-8-9-19-45(42)60(54)50(44)49)18-10-20-46(48)59(47)41-27-25-35(26-28-41)51-56-52(39-23-21-33-11-4-6-15-37(33)31-39)58-53(57-51)40-24-22-34-12-5-7-16-38(34)32-40;1-3-12-31(13-4-1)49-54-50(56-51(55-49)34-24-29-45-39(30-34)37-17-8-10-21-44(37)59-45)32-22-25-35(26-23-32)57-42-20-11-18-38-36-16-7-9-19-41(36)58-48-40(27-28-43(57)47(48)46(38)42)53-52(58)33-14-5-2-6-15-33/h1-32H;1-30H/p+2. The average molecular weight is 1520 g/mol. The van der Waals surface area contributed by atoms with E-state index in [0.29, 0.717) is 34.9 Å². The van der Waals surface area contributed by atoms with Crippen LogP contribution >= 0.6 is 0 Å². The molecule has 24 aromatic rings. The van der Waals surface area contributed by atoms with Crippen molar-refractivity contribution in [1.29, 1.82) is 0 Å². The van der Waals surface area contributed by atoms with Crippen molar-refractivity contribution in [2.24, 2.45) is 0 Å². The molecule has 0 radical (unpaired) electrons. The van der Waals surface area contributed by atoms with Gasteiger partial charge in [-0.1, -0.05) is 218 Å². The summed E-state index contributed by atoms with van der Waals surface area (Å²) in [6.45, 7) is 0. The van der Waals surface area contributed by atoms with Crippen molar-refractivity contribution in [3.63, 3.8) is 0 Å². The molecule has 17 aromatic carbocycles. The fourth-order valence-corrected chi connectivity index (χ4v) is 18.6. The molecular weight excluding hydrogens is 1460 g/mol. The lowest BCUT2D eigenvalue weighted by Crippen LogP contribution is -2.32. The minimum atomic E-state index is 0.605. The summed E-state index contributed by atoms with van der Waals surface area (Å²) < 4.78 is 15.8. The van der Waals surface area contributed by atoms with E-state index in [1.807, 2.05) is 60.7 Å². The second-order valence-corrected chi connectivity index (χ2v) is 30.7. The van der Waals surface area contributed by atoms with Crippen molar-refractivity contribution in [2.75, 3.05) is 0 Å². The van der Waals surface area contributed by atoms with Gasteiger partial charge in [0.2, 0.25) is 0 Å². The number of nitrogens with one attached hydrogen (secondary N) is 2. The molecule has 0 aliphatic carbocycles. The minimum Gasteiger partial charge on any atom is -0.456 e. The average Bonchev–Trinajstić information content (AvgIpc) is 1.53. The zero-order chi connectivity index (χ0) is 77.9. The van der Waals surface area contributed by atoms with Crippen molar-refractivity contribution in [1.82, 2.24) is 49.0 Å². The van der Waals surface area contributed by atoms with Crippen LogP contribution in [0.25, 0.3) is 245 Å². The van der Waals surface area contributed by atoms with Crippen molar-refractivity contribution in [2.45, 2.75) is 0 Å². The molecule has 2 N–H and O–H groups in total.